The number of nitrogens with one attached hydrogen (secondary N) is 1. The molecule has 2 aromatic carbocycles. The van der Waals surface area contributed by atoms with Gasteiger partial charge in [-0.25, -0.2) is 4.98 Å². The van der Waals surface area contributed by atoms with Crippen LogP contribution in [0.15, 0.2) is 48.5 Å². The predicted molar refractivity (Wildman–Crippen MR) is 119 cm³/mol. The number of hydrogen-bond acceptors (Lipinski definition) is 5. The topological polar surface area (TPSA) is 58.1 Å². The van der Waals surface area contributed by atoms with Gasteiger partial charge in [0.05, 0.1) is 5.92 Å². The fraction of sp³-hybridized carbons (Fsp3) is 0.318. The van der Waals surface area contributed by atoms with E-state index in [2.05, 4.69) is 14.6 Å². The minimum atomic E-state index is -0.0475. The molecule has 2 heterocycles. The summed E-state index contributed by atoms with van der Waals surface area (Å²) in [6, 6.07) is 15.7. The van der Waals surface area contributed by atoms with Gasteiger partial charge in [-0.2, -0.15) is 4.37 Å². The number of hydrogen-bond donors (Lipinski definition) is 1. The lowest BCUT2D eigenvalue weighted by atomic mass is 9.97. The summed E-state index contributed by atoms with van der Waals surface area (Å²) in [5, 5.41) is 4.66. The first-order valence-corrected chi connectivity index (χ1v) is 10.9. The van der Waals surface area contributed by atoms with Crippen molar-refractivity contribution in [1.82, 2.24) is 9.36 Å². The highest BCUT2D eigenvalue weighted by molar-refractivity contribution is 7.09. The number of carbonyl (C=O) groups is 1. The van der Waals surface area contributed by atoms with Crippen LogP contribution in [0.3, 0.4) is 0 Å². The summed E-state index contributed by atoms with van der Waals surface area (Å²) >= 11 is 7.35. The second-order valence-electron chi connectivity index (χ2n) is 7.44. The number of anilines is 2. The molecule has 1 aliphatic heterocycles. The quantitative estimate of drug-likeness (QED) is 0.627. The van der Waals surface area contributed by atoms with Crippen LogP contribution in [0.5, 0.6) is 0 Å². The Hall–Kier alpha value is -2.44. The second-order valence-corrected chi connectivity index (χ2v) is 8.60. The van der Waals surface area contributed by atoms with Crippen molar-refractivity contribution in [3.8, 4) is 0 Å². The molecule has 1 atom stereocenters. The third-order valence-electron chi connectivity index (χ3n) is 5.11. The molecule has 1 unspecified atom stereocenters. The zero-order chi connectivity index (χ0) is 20.2. The normalized spacial score (nSPS) is 16.6. The smallest absolute Gasteiger partial charge is 0.229 e. The third kappa shape index (κ3) is 5.14. The molecule has 0 aliphatic carbocycles. The van der Waals surface area contributed by atoms with Crippen LogP contribution in [0.1, 0.15) is 29.8 Å². The lowest BCUT2D eigenvalue weighted by molar-refractivity contribution is -0.120. The van der Waals surface area contributed by atoms with Crippen LogP contribution in [0.25, 0.3) is 0 Å². The Bertz CT molecular complexity index is 971. The number of nitrogens with zero attached hydrogens (tertiary/aromatic N) is 3. The standard InChI is InChI=1S/C22H23ClN4OS/c1-15-4-10-19(11-5-15)24-21(28)17-3-2-12-27(14-17)22-25-20(26-29-22)13-16-6-8-18(23)9-7-16/h4-11,17H,2-3,12-14H2,1H3,(H,24,28). The Morgan fingerprint density at radius 2 is 1.97 bits per heavy atom. The molecule has 29 heavy (non-hydrogen) atoms. The van der Waals surface area contributed by atoms with Crippen LogP contribution in [-0.4, -0.2) is 28.4 Å². The Morgan fingerprint density at radius 1 is 1.21 bits per heavy atom. The van der Waals surface area contributed by atoms with Crippen molar-refractivity contribution in [2.75, 3.05) is 23.3 Å². The highest BCUT2D eigenvalue weighted by Crippen LogP contribution is 2.26. The van der Waals surface area contributed by atoms with E-state index in [4.69, 9.17) is 16.6 Å². The maximum atomic E-state index is 12.7. The molecule has 0 spiro atoms. The molecule has 7 heteroatoms. The third-order valence-corrected chi connectivity index (χ3v) is 6.18. The zero-order valence-corrected chi connectivity index (χ0v) is 17.8. The van der Waals surface area contributed by atoms with E-state index in [0.717, 1.165) is 46.6 Å². The van der Waals surface area contributed by atoms with Crippen molar-refractivity contribution in [1.29, 1.82) is 0 Å². The minimum absolute atomic E-state index is 0.0475. The number of benzene rings is 2. The lowest BCUT2D eigenvalue weighted by Crippen LogP contribution is -2.40. The van der Waals surface area contributed by atoms with Crippen molar-refractivity contribution in [2.24, 2.45) is 5.92 Å². The molecule has 0 bridgehead atoms. The average Bonchev–Trinajstić information content (AvgIpc) is 3.20. The Balaban J connectivity index is 1.38. The molecule has 0 radical (unpaired) electrons. The number of amides is 1. The largest absolute Gasteiger partial charge is 0.346 e. The van der Waals surface area contributed by atoms with E-state index in [9.17, 15) is 4.79 Å². The molecular weight excluding hydrogens is 404 g/mol. The molecule has 5 nitrogen and oxygen atoms in total. The van der Waals surface area contributed by atoms with Crippen molar-refractivity contribution >= 4 is 39.9 Å². The minimum Gasteiger partial charge on any atom is -0.346 e. The van der Waals surface area contributed by atoms with Gasteiger partial charge >= 0.3 is 0 Å². The van der Waals surface area contributed by atoms with Crippen molar-refractivity contribution in [3.05, 3.63) is 70.5 Å². The first kappa shape index (κ1) is 19.9. The number of aromatic nitrogens is 2. The predicted octanol–water partition coefficient (Wildman–Crippen LogP) is 4.95. The summed E-state index contributed by atoms with van der Waals surface area (Å²) < 4.78 is 4.51. The molecule has 0 saturated carbocycles. The van der Waals surface area contributed by atoms with Gasteiger partial charge in [0.15, 0.2) is 0 Å². The highest BCUT2D eigenvalue weighted by Gasteiger charge is 2.27. The van der Waals surface area contributed by atoms with E-state index < -0.39 is 0 Å². The fourth-order valence-corrected chi connectivity index (χ4v) is 4.32. The number of aryl methyl sites for hydroxylation is 1. The first-order chi connectivity index (χ1) is 14.1. The van der Waals surface area contributed by atoms with E-state index in [-0.39, 0.29) is 11.8 Å². The van der Waals surface area contributed by atoms with Gasteiger partial charge in [0.25, 0.3) is 0 Å². The van der Waals surface area contributed by atoms with E-state index in [1.54, 1.807) is 0 Å². The summed E-state index contributed by atoms with van der Waals surface area (Å²) in [6.07, 6.45) is 2.54. The fourth-order valence-electron chi connectivity index (χ4n) is 3.48. The summed E-state index contributed by atoms with van der Waals surface area (Å²) in [6.45, 7) is 3.62. The summed E-state index contributed by atoms with van der Waals surface area (Å²) in [5.74, 6) is 0.830. The first-order valence-electron chi connectivity index (χ1n) is 9.76. The van der Waals surface area contributed by atoms with E-state index in [0.29, 0.717) is 13.0 Å². The van der Waals surface area contributed by atoms with Crippen LogP contribution in [-0.2, 0) is 11.2 Å². The van der Waals surface area contributed by atoms with Gasteiger partial charge in [-0.15, -0.1) is 0 Å². The second kappa shape index (κ2) is 8.93. The molecule has 150 valence electrons. The van der Waals surface area contributed by atoms with Gasteiger partial charge in [-0.05, 0) is 49.6 Å². The number of carbonyl (C=O) groups excluding carboxylic acids is 1. The van der Waals surface area contributed by atoms with Crippen molar-refractivity contribution < 1.29 is 4.79 Å². The molecule has 1 fully saturated rings. The SMILES string of the molecule is Cc1ccc(NC(=O)C2CCCN(c3nc(Cc4ccc(Cl)cc4)ns3)C2)cc1. The highest BCUT2D eigenvalue weighted by atomic mass is 35.5. The van der Waals surface area contributed by atoms with Gasteiger partial charge in [-0.1, -0.05) is 41.4 Å². The number of piperidine rings is 1. The summed E-state index contributed by atoms with van der Waals surface area (Å²) in [4.78, 5) is 19.6. The molecule has 1 saturated heterocycles. The van der Waals surface area contributed by atoms with Crippen LogP contribution in [0.2, 0.25) is 5.02 Å². The van der Waals surface area contributed by atoms with E-state index in [1.807, 2.05) is 55.5 Å². The van der Waals surface area contributed by atoms with Crippen molar-refractivity contribution in [2.45, 2.75) is 26.2 Å². The van der Waals surface area contributed by atoms with E-state index >= 15 is 0 Å². The average molecular weight is 427 g/mol. The van der Waals surface area contributed by atoms with Crippen LogP contribution < -0.4 is 10.2 Å². The Kier molecular flexibility index (Phi) is 6.11. The van der Waals surface area contributed by atoms with Gasteiger partial charge in [0.1, 0.15) is 5.82 Å². The maximum absolute atomic E-state index is 12.7. The monoisotopic (exact) mass is 426 g/mol. The molecule has 1 aliphatic rings. The molecule has 1 N–H and O–H groups in total. The van der Waals surface area contributed by atoms with Crippen molar-refractivity contribution in [3.63, 3.8) is 0 Å². The molecular formula is C22H23ClN4OS. The molecule has 3 aromatic rings. The molecule has 1 amide bonds. The van der Waals surface area contributed by atoms with Crippen LogP contribution >= 0.6 is 23.1 Å². The lowest BCUT2D eigenvalue weighted by Gasteiger charge is -2.31. The number of halogens is 1. The summed E-state index contributed by atoms with van der Waals surface area (Å²) in [7, 11) is 0. The Labute approximate surface area is 179 Å². The zero-order valence-electron chi connectivity index (χ0n) is 16.3. The van der Waals surface area contributed by atoms with Crippen LogP contribution in [0, 0.1) is 12.8 Å². The Morgan fingerprint density at radius 3 is 2.72 bits per heavy atom. The summed E-state index contributed by atoms with van der Waals surface area (Å²) in [5.41, 5.74) is 3.16. The van der Waals surface area contributed by atoms with Gasteiger partial charge in [0, 0.05) is 41.8 Å². The molecule has 1 aromatic heterocycles. The van der Waals surface area contributed by atoms with E-state index in [1.165, 1.54) is 17.1 Å². The number of rotatable bonds is 5. The van der Waals surface area contributed by atoms with Crippen LogP contribution in [0.4, 0.5) is 10.8 Å². The van der Waals surface area contributed by atoms with Gasteiger partial charge < -0.3 is 10.2 Å². The maximum Gasteiger partial charge on any atom is 0.229 e. The van der Waals surface area contributed by atoms with Gasteiger partial charge in [0.2, 0.25) is 11.0 Å². The molecule has 4 rings (SSSR count). The van der Waals surface area contributed by atoms with Gasteiger partial charge in [-0.3, -0.25) is 4.79 Å².